The van der Waals surface area contributed by atoms with Crippen molar-refractivity contribution in [2.45, 2.75) is 19.9 Å². The minimum absolute atomic E-state index is 0.0985. The Labute approximate surface area is 144 Å². The third-order valence-electron chi connectivity index (χ3n) is 3.33. The molecule has 0 atom stereocenters. The predicted molar refractivity (Wildman–Crippen MR) is 93.2 cm³/mol. The molecule has 5 nitrogen and oxygen atoms in total. The number of rotatable bonds is 6. The van der Waals surface area contributed by atoms with Gasteiger partial charge in [0.05, 0.1) is 26.0 Å². The van der Waals surface area contributed by atoms with Crippen molar-refractivity contribution >= 4 is 27.8 Å². The average molecular weight is 379 g/mol. The topological polar surface area (TPSA) is 53.3 Å². The summed E-state index contributed by atoms with van der Waals surface area (Å²) in [7, 11) is 3.15. The minimum atomic E-state index is -0.0985. The molecule has 0 N–H and O–H groups in total. The van der Waals surface area contributed by atoms with Crippen molar-refractivity contribution in [1.29, 1.82) is 0 Å². The van der Waals surface area contributed by atoms with E-state index in [0.29, 0.717) is 17.1 Å². The van der Waals surface area contributed by atoms with Gasteiger partial charge < -0.3 is 9.47 Å². The Bertz CT molecular complexity index is 735. The third-order valence-corrected chi connectivity index (χ3v) is 4.02. The second-order valence-electron chi connectivity index (χ2n) is 5.23. The zero-order valence-corrected chi connectivity index (χ0v) is 15.1. The lowest BCUT2D eigenvalue weighted by Gasteiger charge is -2.09. The number of ether oxygens (including phenoxy) is 2. The monoisotopic (exact) mass is 378 g/mol. The minimum Gasteiger partial charge on any atom is -0.493 e. The zero-order valence-electron chi connectivity index (χ0n) is 13.5. The maximum Gasteiger partial charge on any atom is 0.189 e. The number of halogens is 1. The van der Waals surface area contributed by atoms with Crippen molar-refractivity contribution in [3.8, 4) is 11.5 Å². The molecule has 2 rings (SSSR count). The van der Waals surface area contributed by atoms with Crippen molar-refractivity contribution in [2.75, 3.05) is 14.2 Å². The van der Waals surface area contributed by atoms with Crippen LogP contribution >= 0.6 is 15.9 Å². The predicted octanol–water partition coefficient (Wildman–Crippen LogP) is 4.14. The van der Waals surface area contributed by atoms with Gasteiger partial charge in [0.15, 0.2) is 17.3 Å². The van der Waals surface area contributed by atoms with E-state index in [1.165, 1.54) is 6.08 Å². The number of carbonyl (C=O) groups is 1. The molecule has 0 aliphatic carbocycles. The van der Waals surface area contributed by atoms with Crippen molar-refractivity contribution in [1.82, 2.24) is 9.78 Å². The van der Waals surface area contributed by atoms with Crippen LogP contribution in [0.2, 0.25) is 0 Å². The number of carbonyl (C=O) groups excluding carboxylic acids is 1. The summed E-state index contributed by atoms with van der Waals surface area (Å²) in [5, 5.41) is 4.18. The highest BCUT2D eigenvalue weighted by atomic mass is 79.9. The molecule has 0 aliphatic heterocycles. The number of ketones is 1. The standard InChI is InChI=1S/C17H19BrN2O3/c1-11(2)20-10-13(9-19-20)15(21)6-5-12-7-16(22-3)17(23-4)8-14(12)18/h5-11H,1-4H3. The van der Waals surface area contributed by atoms with E-state index in [1.807, 2.05) is 19.9 Å². The molecule has 0 bridgehead atoms. The maximum atomic E-state index is 12.2. The van der Waals surface area contributed by atoms with Gasteiger partial charge in [-0.05, 0) is 43.7 Å². The summed E-state index contributed by atoms with van der Waals surface area (Å²) in [6, 6.07) is 3.84. The van der Waals surface area contributed by atoms with Crippen molar-refractivity contribution in [2.24, 2.45) is 0 Å². The summed E-state index contributed by atoms with van der Waals surface area (Å²) in [5.41, 5.74) is 1.39. The summed E-state index contributed by atoms with van der Waals surface area (Å²) in [6.45, 7) is 4.02. The van der Waals surface area contributed by atoms with Gasteiger partial charge in [-0.2, -0.15) is 5.10 Å². The van der Waals surface area contributed by atoms with E-state index in [9.17, 15) is 4.79 Å². The highest BCUT2D eigenvalue weighted by molar-refractivity contribution is 9.10. The van der Waals surface area contributed by atoms with Crippen LogP contribution < -0.4 is 9.47 Å². The second-order valence-corrected chi connectivity index (χ2v) is 6.08. The zero-order chi connectivity index (χ0) is 17.0. The molecule has 2 aromatic rings. The summed E-state index contributed by atoms with van der Waals surface area (Å²) < 4.78 is 13.1. The van der Waals surface area contributed by atoms with Gasteiger partial charge in [0.2, 0.25) is 0 Å². The van der Waals surface area contributed by atoms with Gasteiger partial charge in [-0.3, -0.25) is 9.48 Å². The van der Waals surface area contributed by atoms with E-state index in [2.05, 4.69) is 21.0 Å². The fourth-order valence-electron chi connectivity index (χ4n) is 2.01. The first kappa shape index (κ1) is 17.3. The number of nitrogens with zero attached hydrogens (tertiary/aromatic N) is 2. The Balaban J connectivity index is 2.23. The van der Waals surface area contributed by atoms with Crippen LogP contribution in [0.25, 0.3) is 6.08 Å². The smallest absolute Gasteiger partial charge is 0.189 e. The van der Waals surface area contributed by atoms with E-state index < -0.39 is 0 Å². The maximum absolute atomic E-state index is 12.2. The molecule has 1 aromatic carbocycles. The van der Waals surface area contributed by atoms with Crippen molar-refractivity contribution < 1.29 is 14.3 Å². The van der Waals surface area contributed by atoms with Gasteiger partial charge in [0.1, 0.15) is 0 Å². The van der Waals surface area contributed by atoms with E-state index in [1.54, 1.807) is 43.4 Å². The molecule has 0 unspecified atom stereocenters. The van der Waals surface area contributed by atoms with Gasteiger partial charge in [-0.1, -0.05) is 15.9 Å². The largest absolute Gasteiger partial charge is 0.493 e. The molecule has 0 amide bonds. The molecule has 0 saturated carbocycles. The van der Waals surface area contributed by atoms with E-state index in [-0.39, 0.29) is 11.8 Å². The highest BCUT2D eigenvalue weighted by Gasteiger charge is 2.10. The van der Waals surface area contributed by atoms with Gasteiger partial charge in [0.25, 0.3) is 0 Å². The van der Waals surface area contributed by atoms with Gasteiger partial charge >= 0.3 is 0 Å². The number of hydrogen-bond donors (Lipinski definition) is 0. The lowest BCUT2D eigenvalue weighted by Crippen LogP contribution is -2.00. The molecule has 0 saturated heterocycles. The fourth-order valence-corrected chi connectivity index (χ4v) is 2.46. The quantitative estimate of drug-likeness (QED) is 0.559. The summed E-state index contributed by atoms with van der Waals surface area (Å²) in [4.78, 5) is 12.2. The van der Waals surface area contributed by atoms with Crippen LogP contribution in [-0.2, 0) is 0 Å². The molecule has 6 heteroatoms. The lowest BCUT2D eigenvalue weighted by atomic mass is 10.1. The normalized spacial score (nSPS) is 11.2. The second kappa shape index (κ2) is 7.46. The molecule has 0 radical (unpaired) electrons. The highest BCUT2D eigenvalue weighted by Crippen LogP contribution is 2.33. The lowest BCUT2D eigenvalue weighted by molar-refractivity contribution is 0.104. The molecule has 23 heavy (non-hydrogen) atoms. The van der Waals surface area contributed by atoms with Crippen LogP contribution in [-0.4, -0.2) is 29.8 Å². The number of hydrogen-bond acceptors (Lipinski definition) is 4. The molecule has 122 valence electrons. The van der Waals surface area contributed by atoms with Crippen LogP contribution in [0.1, 0.15) is 35.8 Å². The van der Waals surface area contributed by atoms with Crippen LogP contribution in [0, 0.1) is 0 Å². The molecular formula is C17H19BrN2O3. The first-order valence-corrected chi connectivity index (χ1v) is 7.93. The molecule has 0 aliphatic rings. The van der Waals surface area contributed by atoms with Gasteiger partial charge in [0, 0.05) is 16.7 Å². The van der Waals surface area contributed by atoms with Gasteiger partial charge in [-0.15, -0.1) is 0 Å². The molecular weight excluding hydrogens is 360 g/mol. The number of allylic oxidation sites excluding steroid dienone is 1. The van der Waals surface area contributed by atoms with Crippen molar-refractivity contribution in [3.63, 3.8) is 0 Å². The third kappa shape index (κ3) is 4.01. The van der Waals surface area contributed by atoms with Gasteiger partial charge in [-0.25, -0.2) is 0 Å². The summed E-state index contributed by atoms with van der Waals surface area (Å²) in [5.74, 6) is 1.13. The SMILES string of the molecule is COc1cc(Br)c(C=CC(=O)c2cnn(C(C)C)c2)cc1OC. The van der Waals surface area contributed by atoms with Crippen LogP contribution in [0.15, 0.2) is 35.1 Å². The van der Waals surface area contributed by atoms with E-state index in [4.69, 9.17) is 9.47 Å². The first-order valence-electron chi connectivity index (χ1n) is 7.14. The first-order chi connectivity index (χ1) is 11.0. The number of benzene rings is 1. The summed E-state index contributed by atoms with van der Waals surface area (Å²) >= 11 is 3.47. The fraction of sp³-hybridized carbons (Fsp3) is 0.294. The Hall–Kier alpha value is -2.08. The molecule has 1 heterocycles. The van der Waals surface area contributed by atoms with Crippen molar-refractivity contribution in [3.05, 3.63) is 46.2 Å². The Morgan fingerprint density at radius 1 is 1.26 bits per heavy atom. The van der Waals surface area contributed by atoms with Crippen LogP contribution in [0.3, 0.4) is 0 Å². The molecule has 0 fully saturated rings. The Kier molecular flexibility index (Phi) is 5.60. The number of methoxy groups -OCH3 is 2. The summed E-state index contributed by atoms with van der Waals surface area (Å²) in [6.07, 6.45) is 6.59. The number of aromatic nitrogens is 2. The van der Waals surface area contributed by atoms with Crippen LogP contribution in [0.5, 0.6) is 11.5 Å². The molecule has 1 aromatic heterocycles. The molecule has 0 spiro atoms. The Morgan fingerprint density at radius 3 is 2.48 bits per heavy atom. The van der Waals surface area contributed by atoms with Crippen LogP contribution in [0.4, 0.5) is 0 Å². The average Bonchev–Trinajstić information content (AvgIpc) is 3.03. The Morgan fingerprint density at radius 2 is 1.91 bits per heavy atom. The van der Waals surface area contributed by atoms with E-state index >= 15 is 0 Å². The van der Waals surface area contributed by atoms with E-state index in [0.717, 1.165) is 10.0 Å².